The molecule has 102 valence electrons. The summed E-state index contributed by atoms with van der Waals surface area (Å²) < 4.78 is 0.758. The van der Waals surface area contributed by atoms with Crippen LogP contribution in [0.2, 0.25) is 0 Å². The Morgan fingerprint density at radius 1 is 1.10 bits per heavy atom. The van der Waals surface area contributed by atoms with Crippen molar-refractivity contribution >= 4 is 27.5 Å². The molecule has 0 saturated heterocycles. The Morgan fingerprint density at radius 3 is 2.45 bits per heavy atom. The Kier molecular flexibility index (Phi) is 5.07. The van der Waals surface area contributed by atoms with Gasteiger partial charge in [0, 0.05) is 16.6 Å². The SMILES string of the molecule is C/C(Cc1ccccc1)=N\NC(=O)c1ccccc1Br. The largest absolute Gasteiger partial charge is 0.272 e. The second kappa shape index (κ2) is 7.01. The molecule has 0 aliphatic rings. The second-order valence-electron chi connectivity index (χ2n) is 4.43. The van der Waals surface area contributed by atoms with Gasteiger partial charge in [-0.2, -0.15) is 5.10 Å². The van der Waals surface area contributed by atoms with Gasteiger partial charge in [0.1, 0.15) is 0 Å². The van der Waals surface area contributed by atoms with Gasteiger partial charge in [0.2, 0.25) is 0 Å². The van der Waals surface area contributed by atoms with Crippen molar-refractivity contribution in [2.75, 3.05) is 0 Å². The van der Waals surface area contributed by atoms with Crippen molar-refractivity contribution < 1.29 is 4.79 Å². The van der Waals surface area contributed by atoms with Crippen LogP contribution in [0.15, 0.2) is 64.2 Å². The Labute approximate surface area is 126 Å². The van der Waals surface area contributed by atoms with Crippen LogP contribution in [0.1, 0.15) is 22.8 Å². The van der Waals surface area contributed by atoms with Crippen LogP contribution in [0.5, 0.6) is 0 Å². The quantitative estimate of drug-likeness (QED) is 0.672. The standard InChI is InChI=1S/C16H15BrN2O/c1-12(11-13-7-3-2-4-8-13)18-19-16(20)14-9-5-6-10-15(14)17/h2-10H,11H2,1H3,(H,19,20)/b18-12+. The molecule has 0 unspecified atom stereocenters. The highest BCUT2D eigenvalue weighted by atomic mass is 79.9. The summed E-state index contributed by atoms with van der Waals surface area (Å²) >= 11 is 3.35. The lowest BCUT2D eigenvalue weighted by Crippen LogP contribution is -2.20. The van der Waals surface area contributed by atoms with Crippen molar-refractivity contribution in [2.24, 2.45) is 5.10 Å². The second-order valence-corrected chi connectivity index (χ2v) is 5.28. The van der Waals surface area contributed by atoms with Crippen molar-refractivity contribution in [3.05, 3.63) is 70.2 Å². The zero-order chi connectivity index (χ0) is 14.4. The Morgan fingerprint density at radius 2 is 1.75 bits per heavy atom. The van der Waals surface area contributed by atoms with Crippen molar-refractivity contribution in [3.8, 4) is 0 Å². The first kappa shape index (κ1) is 14.5. The molecule has 2 aromatic rings. The van der Waals surface area contributed by atoms with Gasteiger partial charge in [0.15, 0.2) is 0 Å². The number of carbonyl (C=O) groups is 1. The lowest BCUT2D eigenvalue weighted by atomic mass is 10.1. The summed E-state index contributed by atoms with van der Waals surface area (Å²) in [6, 6.07) is 17.3. The Bertz CT molecular complexity index is 623. The Balaban J connectivity index is 1.99. The molecule has 0 heterocycles. The fraction of sp³-hybridized carbons (Fsp3) is 0.125. The number of halogens is 1. The molecule has 0 aliphatic carbocycles. The van der Waals surface area contributed by atoms with E-state index in [0.717, 1.165) is 16.6 Å². The van der Waals surface area contributed by atoms with Gasteiger partial charge in [0.25, 0.3) is 5.91 Å². The van der Waals surface area contributed by atoms with E-state index in [1.165, 1.54) is 5.56 Å². The number of carbonyl (C=O) groups excluding carboxylic acids is 1. The molecule has 2 rings (SSSR count). The number of nitrogens with one attached hydrogen (secondary N) is 1. The molecule has 0 bridgehead atoms. The molecular formula is C16H15BrN2O. The van der Waals surface area contributed by atoms with Crippen LogP contribution in [-0.2, 0) is 6.42 Å². The minimum absolute atomic E-state index is 0.218. The number of rotatable bonds is 4. The number of benzene rings is 2. The highest BCUT2D eigenvalue weighted by Crippen LogP contribution is 2.15. The summed E-state index contributed by atoms with van der Waals surface area (Å²) in [4.78, 5) is 12.0. The van der Waals surface area contributed by atoms with Crippen LogP contribution in [0.25, 0.3) is 0 Å². The van der Waals surface area contributed by atoms with E-state index in [4.69, 9.17) is 0 Å². The molecule has 0 aromatic heterocycles. The molecule has 20 heavy (non-hydrogen) atoms. The molecule has 0 saturated carbocycles. The zero-order valence-electron chi connectivity index (χ0n) is 11.1. The predicted molar refractivity (Wildman–Crippen MR) is 84.9 cm³/mol. The first-order chi connectivity index (χ1) is 9.66. The predicted octanol–water partition coefficient (Wildman–Crippen LogP) is 3.80. The third-order valence-corrected chi connectivity index (χ3v) is 3.46. The normalized spacial score (nSPS) is 11.2. The third-order valence-electron chi connectivity index (χ3n) is 2.77. The highest BCUT2D eigenvalue weighted by molar-refractivity contribution is 9.10. The van der Waals surface area contributed by atoms with Gasteiger partial charge in [-0.15, -0.1) is 0 Å². The summed E-state index contributed by atoms with van der Waals surface area (Å²) in [6.45, 7) is 1.90. The zero-order valence-corrected chi connectivity index (χ0v) is 12.7. The van der Waals surface area contributed by atoms with Crippen molar-refractivity contribution in [3.63, 3.8) is 0 Å². The van der Waals surface area contributed by atoms with Crippen LogP contribution in [0.3, 0.4) is 0 Å². The van der Waals surface area contributed by atoms with Crippen molar-refractivity contribution in [1.29, 1.82) is 0 Å². The summed E-state index contributed by atoms with van der Waals surface area (Å²) in [5.41, 5.74) is 5.18. The highest BCUT2D eigenvalue weighted by Gasteiger charge is 2.07. The maximum absolute atomic E-state index is 12.0. The number of nitrogens with zero attached hydrogens (tertiary/aromatic N) is 1. The summed E-state index contributed by atoms with van der Waals surface area (Å²) in [6.07, 6.45) is 0.719. The van der Waals surface area contributed by atoms with E-state index in [9.17, 15) is 4.79 Å². The number of hydrogen-bond donors (Lipinski definition) is 1. The van der Waals surface area contributed by atoms with E-state index >= 15 is 0 Å². The minimum Gasteiger partial charge on any atom is -0.267 e. The molecule has 0 radical (unpaired) electrons. The van der Waals surface area contributed by atoms with Crippen LogP contribution >= 0.6 is 15.9 Å². The molecule has 0 aliphatic heterocycles. The van der Waals surface area contributed by atoms with E-state index in [1.54, 1.807) is 6.07 Å². The average Bonchev–Trinajstić information content (AvgIpc) is 2.46. The maximum atomic E-state index is 12.0. The smallest absolute Gasteiger partial charge is 0.267 e. The van der Waals surface area contributed by atoms with Crippen LogP contribution in [0, 0.1) is 0 Å². The first-order valence-electron chi connectivity index (χ1n) is 6.29. The third kappa shape index (κ3) is 4.03. The van der Waals surface area contributed by atoms with E-state index in [0.29, 0.717) is 5.56 Å². The van der Waals surface area contributed by atoms with Gasteiger partial charge in [-0.1, -0.05) is 42.5 Å². The van der Waals surface area contributed by atoms with Gasteiger partial charge in [-0.05, 0) is 40.5 Å². The van der Waals surface area contributed by atoms with Crippen LogP contribution in [-0.4, -0.2) is 11.6 Å². The fourth-order valence-electron chi connectivity index (χ4n) is 1.78. The summed E-state index contributed by atoms with van der Waals surface area (Å²) in [7, 11) is 0. The maximum Gasteiger partial charge on any atom is 0.272 e. The molecular weight excluding hydrogens is 316 g/mol. The van der Waals surface area contributed by atoms with Crippen LogP contribution in [0.4, 0.5) is 0 Å². The number of amides is 1. The summed E-state index contributed by atoms with van der Waals surface area (Å²) in [5, 5.41) is 4.13. The minimum atomic E-state index is -0.218. The van der Waals surface area contributed by atoms with Gasteiger partial charge in [0.05, 0.1) is 5.56 Å². The van der Waals surface area contributed by atoms with Crippen LogP contribution < -0.4 is 5.43 Å². The molecule has 1 N–H and O–H groups in total. The lowest BCUT2D eigenvalue weighted by Gasteiger charge is -2.04. The van der Waals surface area contributed by atoms with Gasteiger partial charge < -0.3 is 0 Å². The van der Waals surface area contributed by atoms with Gasteiger partial charge >= 0.3 is 0 Å². The number of hydrazone groups is 1. The van der Waals surface area contributed by atoms with E-state index < -0.39 is 0 Å². The molecule has 0 atom stereocenters. The van der Waals surface area contributed by atoms with E-state index in [-0.39, 0.29) is 5.91 Å². The van der Waals surface area contributed by atoms with Crippen molar-refractivity contribution in [2.45, 2.75) is 13.3 Å². The van der Waals surface area contributed by atoms with Gasteiger partial charge in [-0.25, -0.2) is 5.43 Å². The van der Waals surface area contributed by atoms with E-state index in [2.05, 4.69) is 26.5 Å². The topological polar surface area (TPSA) is 41.5 Å². The monoisotopic (exact) mass is 330 g/mol. The summed E-state index contributed by atoms with van der Waals surface area (Å²) in [5.74, 6) is -0.218. The molecule has 0 fully saturated rings. The average molecular weight is 331 g/mol. The number of hydrogen-bond acceptors (Lipinski definition) is 2. The van der Waals surface area contributed by atoms with Crippen molar-refractivity contribution in [1.82, 2.24) is 5.43 Å². The van der Waals surface area contributed by atoms with Gasteiger partial charge in [-0.3, -0.25) is 4.79 Å². The molecule has 3 nitrogen and oxygen atoms in total. The molecule has 2 aromatic carbocycles. The Hall–Kier alpha value is -1.94. The fourth-order valence-corrected chi connectivity index (χ4v) is 2.25. The van der Waals surface area contributed by atoms with E-state index in [1.807, 2.05) is 55.5 Å². The lowest BCUT2D eigenvalue weighted by molar-refractivity contribution is 0.0954. The molecule has 0 spiro atoms. The molecule has 4 heteroatoms. The molecule has 1 amide bonds. The first-order valence-corrected chi connectivity index (χ1v) is 7.08.